The molecule has 2 aromatic rings. The summed E-state index contributed by atoms with van der Waals surface area (Å²) in [6, 6.07) is 17.7. The zero-order valence-corrected chi connectivity index (χ0v) is 19.7. The first-order chi connectivity index (χ1) is 15.9. The molecule has 0 bridgehead atoms. The van der Waals surface area contributed by atoms with Crippen LogP contribution in [0.15, 0.2) is 60.7 Å². The fourth-order valence-corrected chi connectivity index (χ4v) is 3.33. The van der Waals surface area contributed by atoms with Crippen molar-refractivity contribution in [2.45, 2.75) is 58.7 Å². The van der Waals surface area contributed by atoms with E-state index in [4.69, 9.17) is 4.74 Å². The minimum atomic E-state index is -0.792. The Labute approximate surface area is 196 Å². The Kier molecular flexibility index (Phi) is 10.9. The number of nitrogens with one attached hydrogen (secondary N) is 3. The number of carbonyl (C=O) groups excluding carboxylic acids is 3. The fourth-order valence-electron chi connectivity index (χ4n) is 3.33. The molecule has 0 saturated heterocycles. The normalized spacial score (nSPS) is 12.5. The second-order valence-corrected chi connectivity index (χ2v) is 8.38. The van der Waals surface area contributed by atoms with Crippen molar-refractivity contribution in [3.05, 3.63) is 71.8 Å². The van der Waals surface area contributed by atoms with Gasteiger partial charge in [-0.05, 0) is 36.3 Å². The van der Waals surface area contributed by atoms with E-state index in [2.05, 4.69) is 16.0 Å². The average Bonchev–Trinajstić information content (AvgIpc) is 2.81. The smallest absolute Gasteiger partial charge is 0.408 e. The standard InChI is InChI=1S/C26H35N3O4/c1-4-22(24(30)27-16-15-20-11-7-5-8-12-20)28-25(31)23(17-19(2)3)29-26(32)33-18-21-13-9-6-10-14-21/h5-14,19,22-23H,4,15-18H2,1-3H3,(H,27,30)(H,28,31)(H,29,32)/t22-,23-/m0/s1. The van der Waals surface area contributed by atoms with Crippen LogP contribution in [0.4, 0.5) is 4.79 Å². The quantitative estimate of drug-likeness (QED) is 0.458. The molecule has 0 fully saturated rings. The molecular formula is C26H35N3O4. The number of amides is 3. The van der Waals surface area contributed by atoms with Gasteiger partial charge in [0, 0.05) is 6.54 Å². The van der Waals surface area contributed by atoms with Crippen molar-refractivity contribution in [3.63, 3.8) is 0 Å². The Bertz CT molecular complexity index is 872. The van der Waals surface area contributed by atoms with Gasteiger partial charge in [-0.2, -0.15) is 0 Å². The van der Waals surface area contributed by atoms with Crippen LogP contribution in [0.25, 0.3) is 0 Å². The maximum atomic E-state index is 12.9. The summed E-state index contributed by atoms with van der Waals surface area (Å²) in [4.78, 5) is 37.8. The highest BCUT2D eigenvalue weighted by Gasteiger charge is 2.26. The van der Waals surface area contributed by atoms with Crippen molar-refractivity contribution in [2.24, 2.45) is 5.92 Å². The van der Waals surface area contributed by atoms with Crippen molar-refractivity contribution in [2.75, 3.05) is 6.54 Å². The van der Waals surface area contributed by atoms with E-state index < -0.39 is 24.1 Å². The molecule has 0 aliphatic carbocycles. The van der Waals surface area contributed by atoms with E-state index in [1.807, 2.05) is 81.4 Å². The number of benzene rings is 2. The summed E-state index contributed by atoms with van der Waals surface area (Å²) in [6.45, 7) is 6.36. The van der Waals surface area contributed by atoms with E-state index in [-0.39, 0.29) is 18.4 Å². The minimum Gasteiger partial charge on any atom is -0.445 e. The molecule has 0 radical (unpaired) electrons. The summed E-state index contributed by atoms with van der Waals surface area (Å²) in [5, 5.41) is 8.31. The monoisotopic (exact) mass is 453 g/mol. The summed E-state index contributed by atoms with van der Waals surface area (Å²) in [6.07, 6.45) is 0.913. The van der Waals surface area contributed by atoms with Gasteiger partial charge in [0.1, 0.15) is 18.7 Å². The molecular weight excluding hydrogens is 418 g/mol. The average molecular weight is 454 g/mol. The topological polar surface area (TPSA) is 96.5 Å². The maximum absolute atomic E-state index is 12.9. The van der Waals surface area contributed by atoms with Crippen molar-refractivity contribution < 1.29 is 19.1 Å². The predicted octanol–water partition coefficient (Wildman–Crippen LogP) is 3.58. The van der Waals surface area contributed by atoms with Crippen molar-refractivity contribution in [1.29, 1.82) is 0 Å². The third kappa shape index (κ3) is 9.76. The maximum Gasteiger partial charge on any atom is 0.408 e. The highest BCUT2D eigenvalue weighted by atomic mass is 16.5. The number of alkyl carbamates (subject to hydrolysis) is 1. The molecule has 0 spiro atoms. The molecule has 0 aromatic heterocycles. The predicted molar refractivity (Wildman–Crippen MR) is 128 cm³/mol. The van der Waals surface area contributed by atoms with Crippen LogP contribution < -0.4 is 16.0 Å². The Balaban J connectivity index is 1.87. The Morgan fingerprint density at radius 1 is 0.818 bits per heavy atom. The van der Waals surface area contributed by atoms with Gasteiger partial charge in [-0.25, -0.2) is 4.79 Å². The molecule has 0 aliphatic heterocycles. The first kappa shape index (κ1) is 25.9. The third-order valence-electron chi connectivity index (χ3n) is 5.13. The molecule has 0 heterocycles. The van der Waals surface area contributed by atoms with Crippen molar-refractivity contribution in [1.82, 2.24) is 16.0 Å². The zero-order chi connectivity index (χ0) is 24.1. The zero-order valence-electron chi connectivity index (χ0n) is 19.7. The van der Waals surface area contributed by atoms with Crippen molar-refractivity contribution in [3.8, 4) is 0 Å². The molecule has 0 saturated carbocycles. The molecule has 7 nitrogen and oxygen atoms in total. The van der Waals surface area contributed by atoms with E-state index >= 15 is 0 Å². The van der Waals surface area contributed by atoms with Gasteiger partial charge in [-0.3, -0.25) is 9.59 Å². The van der Waals surface area contributed by atoms with Crippen LogP contribution in [-0.4, -0.2) is 36.5 Å². The summed E-state index contributed by atoms with van der Waals surface area (Å²) in [5.41, 5.74) is 1.99. The molecule has 7 heteroatoms. The van der Waals surface area contributed by atoms with E-state index in [0.717, 1.165) is 11.1 Å². The lowest BCUT2D eigenvalue weighted by atomic mass is 10.0. The highest BCUT2D eigenvalue weighted by molar-refractivity contribution is 5.91. The van der Waals surface area contributed by atoms with Crippen LogP contribution in [-0.2, 0) is 27.4 Å². The van der Waals surface area contributed by atoms with Gasteiger partial charge in [-0.15, -0.1) is 0 Å². The van der Waals surface area contributed by atoms with Gasteiger partial charge in [0.05, 0.1) is 0 Å². The van der Waals surface area contributed by atoms with E-state index in [9.17, 15) is 14.4 Å². The van der Waals surface area contributed by atoms with Crippen LogP contribution in [0.1, 0.15) is 44.7 Å². The van der Waals surface area contributed by atoms with E-state index in [1.54, 1.807) is 0 Å². The number of hydrogen-bond acceptors (Lipinski definition) is 4. The summed E-state index contributed by atoms with van der Waals surface area (Å²) in [7, 11) is 0. The molecule has 2 atom stereocenters. The molecule has 33 heavy (non-hydrogen) atoms. The first-order valence-corrected chi connectivity index (χ1v) is 11.5. The Morgan fingerprint density at radius 2 is 1.42 bits per heavy atom. The van der Waals surface area contributed by atoms with Gasteiger partial charge in [0.2, 0.25) is 11.8 Å². The summed E-state index contributed by atoms with van der Waals surface area (Å²) < 4.78 is 5.25. The minimum absolute atomic E-state index is 0.115. The molecule has 3 amide bonds. The van der Waals surface area contributed by atoms with Crippen LogP contribution in [0.3, 0.4) is 0 Å². The Morgan fingerprint density at radius 3 is 2.00 bits per heavy atom. The molecule has 3 N–H and O–H groups in total. The van der Waals surface area contributed by atoms with Crippen molar-refractivity contribution >= 4 is 17.9 Å². The highest BCUT2D eigenvalue weighted by Crippen LogP contribution is 2.08. The lowest BCUT2D eigenvalue weighted by molar-refractivity contribution is -0.130. The molecule has 2 rings (SSSR count). The van der Waals surface area contributed by atoms with Gasteiger partial charge >= 0.3 is 6.09 Å². The molecule has 2 aromatic carbocycles. The van der Waals surface area contributed by atoms with E-state index in [1.165, 1.54) is 0 Å². The van der Waals surface area contributed by atoms with Gasteiger partial charge < -0.3 is 20.7 Å². The van der Waals surface area contributed by atoms with Gasteiger partial charge in [-0.1, -0.05) is 81.4 Å². The SMILES string of the molecule is CC[C@H](NC(=O)[C@H](CC(C)C)NC(=O)OCc1ccccc1)C(=O)NCCc1ccccc1. The van der Waals surface area contributed by atoms with Gasteiger partial charge in [0.15, 0.2) is 0 Å². The number of rotatable bonds is 12. The van der Waals surface area contributed by atoms with Crippen LogP contribution in [0, 0.1) is 5.92 Å². The first-order valence-electron chi connectivity index (χ1n) is 11.5. The fraction of sp³-hybridized carbons (Fsp3) is 0.423. The van der Waals surface area contributed by atoms with Crippen LogP contribution >= 0.6 is 0 Å². The lowest BCUT2D eigenvalue weighted by Crippen LogP contribution is -2.54. The second-order valence-electron chi connectivity index (χ2n) is 8.38. The largest absolute Gasteiger partial charge is 0.445 e. The second kappa shape index (κ2) is 13.9. The van der Waals surface area contributed by atoms with Crippen LogP contribution in [0.5, 0.6) is 0 Å². The lowest BCUT2D eigenvalue weighted by Gasteiger charge is -2.23. The molecule has 178 valence electrons. The number of hydrogen-bond donors (Lipinski definition) is 3. The van der Waals surface area contributed by atoms with Gasteiger partial charge in [0.25, 0.3) is 0 Å². The summed E-state index contributed by atoms with van der Waals surface area (Å²) >= 11 is 0. The Hall–Kier alpha value is -3.35. The van der Waals surface area contributed by atoms with E-state index in [0.29, 0.717) is 25.8 Å². The molecule has 0 unspecified atom stereocenters. The molecule has 0 aliphatic rings. The third-order valence-corrected chi connectivity index (χ3v) is 5.13. The van der Waals surface area contributed by atoms with Crippen LogP contribution in [0.2, 0.25) is 0 Å². The number of ether oxygens (including phenoxy) is 1. The number of carbonyl (C=O) groups is 3. The summed E-state index contributed by atoms with van der Waals surface area (Å²) in [5.74, 6) is -0.475.